The van der Waals surface area contributed by atoms with Gasteiger partial charge in [-0.05, 0) is 34.6 Å². The maximum Gasteiger partial charge on any atom is 0.307 e. The van der Waals surface area contributed by atoms with Crippen molar-refractivity contribution in [3.8, 4) is 0 Å². The van der Waals surface area contributed by atoms with Crippen molar-refractivity contribution in [1.29, 1.82) is 0 Å². The molecule has 100 valence electrons. The van der Waals surface area contributed by atoms with Gasteiger partial charge in [-0.1, -0.05) is 0 Å². The molecule has 1 saturated heterocycles. The highest BCUT2D eigenvalue weighted by molar-refractivity contribution is 5.70. The summed E-state index contributed by atoms with van der Waals surface area (Å²) in [4.78, 5) is 13.8. The van der Waals surface area contributed by atoms with Crippen LogP contribution in [0.4, 0.5) is 0 Å². The molecule has 0 saturated carbocycles. The van der Waals surface area contributed by atoms with Crippen molar-refractivity contribution in [3.63, 3.8) is 0 Å². The minimum absolute atomic E-state index is 0.0675. The number of nitrogens with zero attached hydrogens (tertiary/aromatic N) is 1. The van der Waals surface area contributed by atoms with Crippen LogP contribution in [-0.2, 0) is 9.53 Å². The summed E-state index contributed by atoms with van der Waals surface area (Å²) < 4.78 is 4.77. The first-order valence-electron chi connectivity index (χ1n) is 6.24. The van der Waals surface area contributed by atoms with E-state index in [1.807, 2.05) is 0 Å². The topological polar surface area (TPSA) is 41.6 Å². The van der Waals surface area contributed by atoms with Gasteiger partial charge in [0.2, 0.25) is 0 Å². The highest BCUT2D eigenvalue weighted by atomic mass is 16.5. The van der Waals surface area contributed by atoms with E-state index in [0.29, 0.717) is 6.42 Å². The van der Waals surface area contributed by atoms with Gasteiger partial charge in [-0.15, -0.1) is 0 Å². The maximum atomic E-state index is 11.4. The average molecular weight is 242 g/mol. The van der Waals surface area contributed by atoms with Crippen molar-refractivity contribution in [3.05, 3.63) is 0 Å². The molecule has 0 amide bonds. The Labute approximate surface area is 105 Å². The SMILES string of the molecule is COC(=O)CC1CNC(C)(C)CN1C(C)(C)C. The number of methoxy groups -OCH3 is 1. The first-order chi connectivity index (χ1) is 7.65. The molecule has 1 fully saturated rings. The largest absolute Gasteiger partial charge is 0.469 e. The van der Waals surface area contributed by atoms with Gasteiger partial charge in [-0.3, -0.25) is 9.69 Å². The molecule has 1 N–H and O–H groups in total. The monoisotopic (exact) mass is 242 g/mol. The van der Waals surface area contributed by atoms with Gasteiger partial charge in [-0.2, -0.15) is 0 Å². The Bertz CT molecular complexity index is 282. The van der Waals surface area contributed by atoms with Gasteiger partial charge in [0.05, 0.1) is 13.5 Å². The fourth-order valence-electron chi connectivity index (χ4n) is 2.36. The molecule has 1 atom stereocenters. The van der Waals surface area contributed by atoms with Crippen molar-refractivity contribution in [1.82, 2.24) is 10.2 Å². The Hall–Kier alpha value is -0.610. The van der Waals surface area contributed by atoms with Gasteiger partial charge in [0, 0.05) is 30.2 Å². The summed E-state index contributed by atoms with van der Waals surface area (Å²) in [6.07, 6.45) is 0.455. The molecule has 4 heteroatoms. The van der Waals surface area contributed by atoms with Crippen LogP contribution in [-0.4, -0.2) is 48.2 Å². The van der Waals surface area contributed by atoms with Crippen LogP contribution in [0.5, 0.6) is 0 Å². The summed E-state index contributed by atoms with van der Waals surface area (Å²) in [6, 6.07) is 0.218. The summed E-state index contributed by atoms with van der Waals surface area (Å²) in [5.41, 5.74) is 0.165. The van der Waals surface area contributed by atoms with E-state index >= 15 is 0 Å². The molecule has 0 aliphatic carbocycles. The number of carbonyl (C=O) groups is 1. The second-order valence-electron chi connectivity index (χ2n) is 6.50. The molecule has 0 bridgehead atoms. The quantitative estimate of drug-likeness (QED) is 0.743. The van der Waals surface area contributed by atoms with E-state index in [0.717, 1.165) is 13.1 Å². The molecule has 17 heavy (non-hydrogen) atoms. The molecule has 1 rings (SSSR count). The predicted octanol–water partition coefficient (Wildman–Crippen LogP) is 1.40. The molecule has 4 nitrogen and oxygen atoms in total. The van der Waals surface area contributed by atoms with Gasteiger partial charge in [0.25, 0.3) is 0 Å². The van der Waals surface area contributed by atoms with Gasteiger partial charge >= 0.3 is 5.97 Å². The van der Waals surface area contributed by atoms with E-state index in [1.54, 1.807) is 0 Å². The number of hydrogen-bond donors (Lipinski definition) is 1. The first-order valence-corrected chi connectivity index (χ1v) is 6.24. The Morgan fingerprint density at radius 1 is 1.47 bits per heavy atom. The third-order valence-corrected chi connectivity index (χ3v) is 3.31. The minimum Gasteiger partial charge on any atom is -0.469 e. The molecular formula is C13H26N2O2. The van der Waals surface area contributed by atoms with Crippen LogP contribution < -0.4 is 5.32 Å². The van der Waals surface area contributed by atoms with Crippen molar-refractivity contribution in [2.75, 3.05) is 20.2 Å². The summed E-state index contributed by atoms with van der Waals surface area (Å²) >= 11 is 0. The fraction of sp³-hybridized carbons (Fsp3) is 0.923. The van der Waals surface area contributed by atoms with E-state index in [4.69, 9.17) is 4.74 Å². The Kier molecular flexibility index (Phi) is 4.20. The Morgan fingerprint density at radius 3 is 2.53 bits per heavy atom. The van der Waals surface area contributed by atoms with Crippen molar-refractivity contribution >= 4 is 5.97 Å². The van der Waals surface area contributed by atoms with Crippen LogP contribution in [0.15, 0.2) is 0 Å². The Morgan fingerprint density at radius 2 is 2.06 bits per heavy atom. The van der Waals surface area contributed by atoms with Crippen molar-refractivity contribution in [2.24, 2.45) is 0 Å². The number of esters is 1. The molecule has 1 unspecified atom stereocenters. The predicted molar refractivity (Wildman–Crippen MR) is 69.0 cm³/mol. The first kappa shape index (κ1) is 14.5. The second kappa shape index (κ2) is 4.94. The van der Waals surface area contributed by atoms with Crippen molar-refractivity contribution < 1.29 is 9.53 Å². The lowest BCUT2D eigenvalue weighted by Crippen LogP contribution is -2.66. The van der Waals surface area contributed by atoms with Gasteiger partial charge in [0.15, 0.2) is 0 Å². The van der Waals surface area contributed by atoms with E-state index in [9.17, 15) is 4.79 Å². The van der Waals surface area contributed by atoms with E-state index in [-0.39, 0.29) is 23.1 Å². The molecule has 1 aliphatic heterocycles. The van der Waals surface area contributed by atoms with E-state index < -0.39 is 0 Å². The number of carbonyl (C=O) groups excluding carboxylic acids is 1. The van der Waals surface area contributed by atoms with Crippen LogP contribution in [0.3, 0.4) is 0 Å². The minimum atomic E-state index is -0.134. The highest BCUT2D eigenvalue weighted by Gasteiger charge is 2.38. The number of piperazine rings is 1. The van der Waals surface area contributed by atoms with Gasteiger partial charge in [-0.25, -0.2) is 0 Å². The zero-order valence-electron chi connectivity index (χ0n) is 12.0. The number of hydrogen-bond acceptors (Lipinski definition) is 4. The molecule has 0 aromatic carbocycles. The molecule has 0 spiro atoms. The number of nitrogens with one attached hydrogen (secondary N) is 1. The second-order valence-corrected chi connectivity index (χ2v) is 6.50. The summed E-state index contributed by atoms with van der Waals surface area (Å²) in [6.45, 7) is 12.7. The summed E-state index contributed by atoms with van der Waals surface area (Å²) in [7, 11) is 1.45. The third kappa shape index (κ3) is 3.96. The smallest absolute Gasteiger partial charge is 0.307 e. The average Bonchev–Trinajstić information content (AvgIpc) is 2.18. The standard InChI is InChI=1S/C13H26N2O2/c1-12(2,3)15-9-13(4,5)14-8-10(15)7-11(16)17-6/h10,14H,7-9H2,1-6H3. The van der Waals surface area contributed by atoms with Gasteiger partial charge in [0.1, 0.15) is 0 Å². The van der Waals surface area contributed by atoms with Crippen LogP contribution in [0.2, 0.25) is 0 Å². The molecule has 1 aliphatic rings. The highest BCUT2D eigenvalue weighted by Crippen LogP contribution is 2.25. The van der Waals surface area contributed by atoms with Crippen LogP contribution >= 0.6 is 0 Å². The third-order valence-electron chi connectivity index (χ3n) is 3.31. The number of ether oxygens (including phenoxy) is 1. The Balaban J connectivity index is 2.78. The van der Waals surface area contributed by atoms with E-state index in [1.165, 1.54) is 7.11 Å². The normalized spacial score (nSPS) is 25.6. The lowest BCUT2D eigenvalue weighted by molar-refractivity contribution is -0.143. The molecule has 0 radical (unpaired) electrons. The molecule has 0 aromatic rings. The van der Waals surface area contributed by atoms with Crippen molar-refractivity contribution in [2.45, 2.75) is 58.2 Å². The zero-order chi connectivity index (χ0) is 13.3. The maximum absolute atomic E-state index is 11.4. The van der Waals surface area contributed by atoms with E-state index in [2.05, 4.69) is 44.8 Å². The fourth-order valence-corrected chi connectivity index (χ4v) is 2.36. The lowest BCUT2D eigenvalue weighted by atomic mass is 9.91. The molecule has 0 aromatic heterocycles. The molecule has 1 heterocycles. The zero-order valence-corrected chi connectivity index (χ0v) is 12.0. The number of rotatable bonds is 2. The van der Waals surface area contributed by atoms with Crippen LogP contribution in [0, 0.1) is 0 Å². The van der Waals surface area contributed by atoms with Gasteiger partial charge < -0.3 is 10.1 Å². The summed E-state index contributed by atoms with van der Waals surface area (Å²) in [5, 5.41) is 3.49. The van der Waals surface area contributed by atoms with Crippen LogP contribution in [0.25, 0.3) is 0 Å². The lowest BCUT2D eigenvalue weighted by Gasteiger charge is -2.50. The summed E-state index contributed by atoms with van der Waals surface area (Å²) in [5.74, 6) is -0.134. The molecular weight excluding hydrogens is 216 g/mol. The van der Waals surface area contributed by atoms with Crippen LogP contribution in [0.1, 0.15) is 41.0 Å².